The second-order valence-corrected chi connectivity index (χ2v) is 5.16. The van der Waals surface area contributed by atoms with Gasteiger partial charge in [0.1, 0.15) is 0 Å². The average Bonchev–Trinajstić information content (AvgIpc) is 2.64. The van der Waals surface area contributed by atoms with E-state index in [9.17, 15) is 0 Å². The van der Waals surface area contributed by atoms with E-state index in [-0.39, 0.29) is 26.2 Å². The zero-order valence-electron chi connectivity index (χ0n) is 12.7. The molecule has 0 radical (unpaired) electrons. The third-order valence-corrected chi connectivity index (χ3v) is 3.69. The van der Waals surface area contributed by atoms with Crippen LogP contribution in [0.4, 0.5) is 0 Å². The van der Waals surface area contributed by atoms with Crippen LogP contribution in [0, 0.1) is 48.5 Å². The molecule has 0 aromatic heterocycles. The van der Waals surface area contributed by atoms with Crippen molar-refractivity contribution in [2.24, 2.45) is 0 Å². The minimum Gasteiger partial charge on any atom is -0.208 e. The molecule has 0 N–H and O–H groups in total. The number of hydrogen-bond acceptors (Lipinski definition) is 0. The molecule has 0 amide bonds. The Morgan fingerprint density at radius 1 is 0.944 bits per heavy atom. The van der Waals surface area contributed by atoms with Crippen LogP contribution in [0.15, 0.2) is 18.2 Å². The molecule has 0 aliphatic carbocycles. The molecule has 0 aliphatic heterocycles. The van der Waals surface area contributed by atoms with Crippen molar-refractivity contribution in [1.29, 1.82) is 0 Å². The molecule has 0 unspecified atom stereocenters. The van der Waals surface area contributed by atoms with E-state index in [0.29, 0.717) is 0 Å². The Hall–Kier alpha value is -0.417. The molecule has 0 saturated heterocycles. The van der Waals surface area contributed by atoms with E-state index in [1.807, 2.05) is 0 Å². The molecule has 0 aliphatic rings. The van der Waals surface area contributed by atoms with Gasteiger partial charge < -0.3 is 0 Å². The van der Waals surface area contributed by atoms with Crippen molar-refractivity contribution in [3.63, 3.8) is 0 Å². The third kappa shape index (κ3) is 4.36. The normalized spacial score (nSPS) is 9.50. The molecular weight excluding hydrogens is 295 g/mol. The van der Waals surface area contributed by atoms with Crippen LogP contribution in [0.25, 0.3) is 0 Å². The molecule has 2 aromatic rings. The van der Waals surface area contributed by atoms with Gasteiger partial charge in [-0.15, -0.1) is 0 Å². The maximum Gasteiger partial charge on any atom is 2.00 e. The van der Waals surface area contributed by atoms with Crippen molar-refractivity contribution in [3.05, 3.63) is 57.1 Å². The van der Waals surface area contributed by atoms with E-state index in [1.54, 1.807) is 0 Å². The van der Waals surface area contributed by atoms with Crippen LogP contribution in [-0.4, -0.2) is 0 Å². The fraction of sp³-hybridized carbons (Fsp3) is 0.412. The first kappa shape index (κ1) is 17.6. The van der Waals surface area contributed by atoms with Gasteiger partial charge >= 0.3 is 26.2 Å². The monoisotopic (exact) mass is 318 g/mol. The maximum atomic E-state index is 2.24. The summed E-state index contributed by atoms with van der Waals surface area (Å²) in [6.45, 7) is 15.1. The van der Waals surface area contributed by atoms with E-state index in [2.05, 4.69) is 66.7 Å². The van der Waals surface area contributed by atoms with E-state index in [4.69, 9.17) is 0 Å². The Morgan fingerprint density at radius 3 is 1.61 bits per heavy atom. The van der Waals surface area contributed by atoms with Gasteiger partial charge in [-0.3, -0.25) is 0 Å². The Bertz CT molecular complexity index is 456. The molecular formula is C17H24Zr. The fourth-order valence-electron chi connectivity index (χ4n) is 2.09. The van der Waals surface area contributed by atoms with Crippen LogP contribution >= 0.6 is 0 Å². The minimum absolute atomic E-state index is 0. The van der Waals surface area contributed by atoms with Crippen molar-refractivity contribution >= 4 is 0 Å². The third-order valence-electron chi connectivity index (χ3n) is 3.69. The smallest absolute Gasteiger partial charge is 0.208 e. The van der Waals surface area contributed by atoms with Gasteiger partial charge in [-0.2, -0.15) is 51.1 Å². The quantitative estimate of drug-likeness (QED) is 0.602. The summed E-state index contributed by atoms with van der Waals surface area (Å²) in [5, 5.41) is 0. The number of rotatable bonds is 0. The van der Waals surface area contributed by atoms with Gasteiger partial charge in [-0.1, -0.05) is 48.5 Å². The van der Waals surface area contributed by atoms with E-state index < -0.39 is 0 Å². The Balaban J connectivity index is 0.000000306. The van der Waals surface area contributed by atoms with Gasteiger partial charge in [0, 0.05) is 0 Å². The van der Waals surface area contributed by atoms with Crippen LogP contribution in [0.5, 0.6) is 0 Å². The van der Waals surface area contributed by atoms with Gasteiger partial charge in [0.15, 0.2) is 0 Å². The Kier molecular flexibility index (Phi) is 7.07. The van der Waals surface area contributed by atoms with Crippen LogP contribution in [0.1, 0.15) is 38.9 Å². The molecule has 0 bridgehead atoms. The largest absolute Gasteiger partial charge is 2.00 e. The van der Waals surface area contributed by atoms with Crippen LogP contribution in [-0.2, 0) is 26.2 Å². The van der Waals surface area contributed by atoms with Crippen molar-refractivity contribution < 1.29 is 26.2 Å². The number of aryl methyl sites for hydroxylation is 5. The van der Waals surface area contributed by atoms with Gasteiger partial charge in [-0.25, -0.2) is 6.07 Å². The Labute approximate surface area is 131 Å². The van der Waals surface area contributed by atoms with Crippen LogP contribution in [0.3, 0.4) is 0 Å². The van der Waals surface area contributed by atoms with Crippen LogP contribution in [0.2, 0.25) is 0 Å². The van der Waals surface area contributed by atoms with Crippen molar-refractivity contribution in [3.8, 4) is 0 Å². The summed E-state index contributed by atoms with van der Waals surface area (Å²) in [5.41, 5.74) is 9.93. The van der Waals surface area contributed by atoms with Crippen molar-refractivity contribution in [1.82, 2.24) is 0 Å². The second-order valence-electron chi connectivity index (χ2n) is 5.16. The minimum atomic E-state index is 0. The van der Waals surface area contributed by atoms with Gasteiger partial charge in [0.05, 0.1) is 0 Å². The van der Waals surface area contributed by atoms with Gasteiger partial charge in [0.25, 0.3) is 0 Å². The first-order valence-electron chi connectivity index (χ1n) is 6.23. The van der Waals surface area contributed by atoms with E-state index >= 15 is 0 Å². The van der Waals surface area contributed by atoms with Gasteiger partial charge in [-0.05, 0) is 0 Å². The molecule has 0 heterocycles. The molecule has 0 nitrogen and oxygen atoms in total. The standard InChI is InChI=1S/C9H13.C8H11.Zr/c1-6-5-7(2)9(4)8(6)3;1-6-4-7(2)8(3)5-6;/h5H,1-4H3;4-5H,1-3H3;/q2*-1;+2. The molecule has 2 aromatic carbocycles. The predicted octanol–water partition coefficient (Wildman–Crippen LogP) is 4.97. The topological polar surface area (TPSA) is 0 Å². The molecule has 2 rings (SSSR count). The number of hydrogen-bond donors (Lipinski definition) is 0. The molecule has 0 spiro atoms. The summed E-state index contributed by atoms with van der Waals surface area (Å²) >= 11 is 0. The van der Waals surface area contributed by atoms with Crippen LogP contribution < -0.4 is 0 Å². The van der Waals surface area contributed by atoms with E-state index in [0.717, 1.165) is 0 Å². The first-order chi connectivity index (χ1) is 7.82. The summed E-state index contributed by atoms with van der Waals surface area (Å²) < 4.78 is 0. The molecule has 0 fully saturated rings. The summed E-state index contributed by atoms with van der Waals surface area (Å²) in [4.78, 5) is 0. The average molecular weight is 320 g/mol. The second kappa shape index (κ2) is 7.24. The molecule has 0 atom stereocenters. The zero-order chi connectivity index (χ0) is 13.2. The molecule has 1 heteroatoms. The van der Waals surface area contributed by atoms with E-state index in [1.165, 1.54) is 38.9 Å². The predicted molar refractivity (Wildman–Crippen MR) is 77.2 cm³/mol. The SMILES string of the molecule is Cc1c[c-](C)c(C)c1C.Cc1cc(C)c(C)[cH-]1.[Zr+2]. The Morgan fingerprint density at radius 2 is 1.50 bits per heavy atom. The van der Waals surface area contributed by atoms with Crippen molar-refractivity contribution in [2.75, 3.05) is 0 Å². The van der Waals surface area contributed by atoms with Crippen molar-refractivity contribution in [2.45, 2.75) is 48.5 Å². The zero-order valence-corrected chi connectivity index (χ0v) is 15.2. The summed E-state index contributed by atoms with van der Waals surface area (Å²) in [6, 6.07) is 6.65. The van der Waals surface area contributed by atoms with Gasteiger partial charge in [0.2, 0.25) is 0 Å². The first-order valence-corrected chi connectivity index (χ1v) is 6.23. The summed E-state index contributed by atoms with van der Waals surface area (Å²) in [6.07, 6.45) is 0. The summed E-state index contributed by atoms with van der Waals surface area (Å²) in [7, 11) is 0. The molecule has 0 saturated carbocycles. The fourth-order valence-corrected chi connectivity index (χ4v) is 2.09. The molecule has 96 valence electrons. The molecule has 18 heavy (non-hydrogen) atoms. The maximum absolute atomic E-state index is 2.24. The summed E-state index contributed by atoms with van der Waals surface area (Å²) in [5.74, 6) is 0.